The molecule has 0 bridgehead atoms. The third-order valence-electron chi connectivity index (χ3n) is 2.61. The molecule has 3 heteroatoms. The summed E-state index contributed by atoms with van der Waals surface area (Å²) >= 11 is 0. The highest BCUT2D eigenvalue weighted by Gasteiger charge is 2.08. The lowest BCUT2D eigenvalue weighted by atomic mass is 10.0. The Morgan fingerprint density at radius 3 is 2.53 bits per heavy atom. The van der Waals surface area contributed by atoms with Gasteiger partial charge in [-0.25, -0.2) is 4.39 Å². The maximum absolute atomic E-state index is 13.3. The molecule has 0 radical (unpaired) electrons. The molecule has 0 atom stereocenters. The predicted octanol–water partition coefficient (Wildman–Crippen LogP) is 3.52. The number of benzene rings is 2. The van der Waals surface area contributed by atoms with Crippen molar-refractivity contribution in [1.82, 2.24) is 0 Å². The Kier molecular flexibility index (Phi) is 3.00. The Hall–Kier alpha value is -2.03. The van der Waals surface area contributed by atoms with Crippen molar-refractivity contribution in [1.29, 1.82) is 0 Å². The summed E-state index contributed by atoms with van der Waals surface area (Å²) in [5.74, 6) is -0.299. The standard InChI is InChI=1S/C14H13FO2/c1-9-3-6-14(17-2)11(7-9)10-4-5-13(16)12(15)8-10/h3-8,16H,1-2H3. The predicted molar refractivity (Wildman–Crippen MR) is 64.8 cm³/mol. The Labute approximate surface area is 99.3 Å². The Morgan fingerprint density at radius 1 is 1.12 bits per heavy atom. The molecule has 0 fully saturated rings. The summed E-state index contributed by atoms with van der Waals surface area (Å²) in [6.07, 6.45) is 0. The average molecular weight is 232 g/mol. The van der Waals surface area contributed by atoms with Gasteiger partial charge in [0.2, 0.25) is 0 Å². The Balaban J connectivity index is 2.58. The molecule has 0 aliphatic rings. The number of aromatic hydroxyl groups is 1. The van der Waals surface area contributed by atoms with Crippen molar-refractivity contribution < 1.29 is 14.2 Å². The van der Waals surface area contributed by atoms with E-state index >= 15 is 0 Å². The number of phenols is 1. The van der Waals surface area contributed by atoms with Crippen LogP contribution in [0.3, 0.4) is 0 Å². The summed E-state index contributed by atoms with van der Waals surface area (Å²) in [4.78, 5) is 0. The van der Waals surface area contributed by atoms with E-state index in [1.807, 2.05) is 25.1 Å². The second kappa shape index (κ2) is 4.45. The van der Waals surface area contributed by atoms with E-state index in [0.717, 1.165) is 11.1 Å². The van der Waals surface area contributed by atoms with E-state index in [9.17, 15) is 4.39 Å². The monoisotopic (exact) mass is 232 g/mol. The smallest absolute Gasteiger partial charge is 0.165 e. The van der Waals surface area contributed by atoms with Gasteiger partial charge < -0.3 is 9.84 Å². The third-order valence-corrected chi connectivity index (χ3v) is 2.61. The first kappa shape index (κ1) is 11.5. The van der Waals surface area contributed by atoms with E-state index in [2.05, 4.69) is 0 Å². The summed E-state index contributed by atoms with van der Waals surface area (Å²) < 4.78 is 18.6. The molecule has 0 aromatic heterocycles. The zero-order valence-corrected chi connectivity index (χ0v) is 9.70. The SMILES string of the molecule is COc1ccc(C)cc1-c1ccc(O)c(F)c1. The third kappa shape index (κ3) is 2.23. The first-order valence-electron chi connectivity index (χ1n) is 5.25. The molecule has 88 valence electrons. The summed E-state index contributed by atoms with van der Waals surface area (Å²) in [6, 6.07) is 9.99. The van der Waals surface area contributed by atoms with Gasteiger partial charge >= 0.3 is 0 Å². The van der Waals surface area contributed by atoms with Gasteiger partial charge in [0.25, 0.3) is 0 Å². The van der Waals surface area contributed by atoms with Crippen molar-refractivity contribution in [2.75, 3.05) is 7.11 Å². The van der Waals surface area contributed by atoms with Gasteiger partial charge in [-0.2, -0.15) is 0 Å². The molecule has 1 N–H and O–H groups in total. The van der Waals surface area contributed by atoms with Gasteiger partial charge in [-0.05, 0) is 36.8 Å². The highest BCUT2D eigenvalue weighted by molar-refractivity contribution is 5.71. The maximum atomic E-state index is 13.3. The fourth-order valence-corrected chi connectivity index (χ4v) is 1.72. The molecule has 0 unspecified atom stereocenters. The van der Waals surface area contributed by atoms with E-state index < -0.39 is 5.82 Å². The number of hydrogen-bond donors (Lipinski definition) is 1. The van der Waals surface area contributed by atoms with Crippen LogP contribution in [0, 0.1) is 12.7 Å². The summed E-state index contributed by atoms with van der Waals surface area (Å²) in [5, 5.41) is 9.17. The fourth-order valence-electron chi connectivity index (χ4n) is 1.72. The van der Waals surface area contributed by atoms with E-state index in [1.165, 1.54) is 12.1 Å². The van der Waals surface area contributed by atoms with Crippen molar-refractivity contribution in [3.05, 3.63) is 47.8 Å². The number of hydrogen-bond acceptors (Lipinski definition) is 2. The largest absolute Gasteiger partial charge is 0.505 e. The van der Waals surface area contributed by atoms with Gasteiger partial charge in [0.1, 0.15) is 5.75 Å². The Bertz CT molecular complexity index is 550. The van der Waals surface area contributed by atoms with Crippen LogP contribution in [0.4, 0.5) is 4.39 Å². The topological polar surface area (TPSA) is 29.5 Å². The number of ether oxygens (including phenoxy) is 1. The molecular formula is C14H13FO2. The molecule has 17 heavy (non-hydrogen) atoms. The van der Waals surface area contributed by atoms with Crippen LogP contribution in [0.1, 0.15) is 5.56 Å². The fraction of sp³-hybridized carbons (Fsp3) is 0.143. The molecule has 0 aliphatic heterocycles. The highest BCUT2D eigenvalue weighted by atomic mass is 19.1. The molecule has 2 aromatic carbocycles. The van der Waals surface area contributed by atoms with Crippen LogP contribution in [0.2, 0.25) is 0 Å². The molecule has 0 heterocycles. The lowest BCUT2D eigenvalue weighted by molar-refractivity contribution is 0.416. The molecule has 2 rings (SSSR count). The molecule has 0 saturated carbocycles. The van der Waals surface area contributed by atoms with Crippen LogP contribution in [-0.4, -0.2) is 12.2 Å². The van der Waals surface area contributed by atoms with Gasteiger partial charge in [-0.15, -0.1) is 0 Å². The molecule has 2 nitrogen and oxygen atoms in total. The van der Waals surface area contributed by atoms with Gasteiger partial charge in [0.05, 0.1) is 7.11 Å². The average Bonchev–Trinajstić information content (AvgIpc) is 2.32. The lowest BCUT2D eigenvalue weighted by Crippen LogP contribution is -1.89. The molecule has 0 spiro atoms. The molecule has 0 saturated heterocycles. The maximum Gasteiger partial charge on any atom is 0.165 e. The van der Waals surface area contributed by atoms with Crippen LogP contribution in [0.15, 0.2) is 36.4 Å². The minimum atomic E-state index is -0.633. The van der Waals surface area contributed by atoms with Crippen LogP contribution < -0.4 is 4.74 Å². The first-order valence-corrected chi connectivity index (χ1v) is 5.25. The zero-order valence-electron chi connectivity index (χ0n) is 9.70. The molecule has 2 aromatic rings. The summed E-state index contributed by atoms with van der Waals surface area (Å²) in [6.45, 7) is 1.96. The van der Waals surface area contributed by atoms with E-state index in [4.69, 9.17) is 9.84 Å². The van der Waals surface area contributed by atoms with Crippen molar-refractivity contribution in [2.45, 2.75) is 6.92 Å². The number of rotatable bonds is 2. The molecule has 0 aliphatic carbocycles. The van der Waals surface area contributed by atoms with Crippen LogP contribution in [-0.2, 0) is 0 Å². The van der Waals surface area contributed by atoms with Gasteiger partial charge in [-0.3, -0.25) is 0 Å². The van der Waals surface area contributed by atoms with Crippen LogP contribution >= 0.6 is 0 Å². The van der Waals surface area contributed by atoms with Gasteiger partial charge in [-0.1, -0.05) is 17.7 Å². The van der Waals surface area contributed by atoms with Crippen molar-refractivity contribution in [3.63, 3.8) is 0 Å². The number of aryl methyl sites for hydroxylation is 1. The molecule has 0 amide bonds. The van der Waals surface area contributed by atoms with Gasteiger partial charge in [0.15, 0.2) is 11.6 Å². The molecular weight excluding hydrogens is 219 g/mol. The van der Waals surface area contributed by atoms with E-state index in [-0.39, 0.29) is 5.75 Å². The van der Waals surface area contributed by atoms with Crippen molar-refractivity contribution in [3.8, 4) is 22.6 Å². The first-order chi connectivity index (χ1) is 8.11. The minimum Gasteiger partial charge on any atom is -0.505 e. The summed E-state index contributed by atoms with van der Waals surface area (Å²) in [5.41, 5.74) is 2.56. The number of phenolic OH excluding ortho intramolecular Hbond substituents is 1. The van der Waals surface area contributed by atoms with E-state index in [0.29, 0.717) is 11.3 Å². The van der Waals surface area contributed by atoms with Crippen LogP contribution in [0.25, 0.3) is 11.1 Å². The summed E-state index contributed by atoms with van der Waals surface area (Å²) in [7, 11) is 1.57. The van der Waals surface area contributed by atoms with Crippen LogP contribution in [0.5, 0.6) is 11.5 Å². The van der Waals surface area contributed by atoms with Crippen molar-refractivity contribution >= 4 is 0 Å². The highest BCUT2D eigenvalue weighted by Crippen LogP contribution is 2.32. The number of methoxy groups -OCH3 is 1. The second-order valence-electron chi connectivity index (χ2n) is 3.87. The normalized spacial score (nSPS) is 10.3. The number of halogens is 1. The second-order valence-corrected chi connectivity index (χ2v) is 3.87. The van der Waals surface area contributed by atoms with E-state index in [1.54, 1.807) is 13.2 Å². The lowest BCUT2D eigenvalue weighted by Gasteiger charge is -2.10. The van der Waals surface area contributed by atoms with Gasteiger partial charge in [0, 0.05) is 5.56 Å². The minimum absolute atomic E-state index is 0.347. The Morgan fingerprint density at radius 2 is 1.88 bits per heavy atom. The quantitative estimate of drug-likeness (QED) is 0.858. The zero-order chi connectivity index (χ0) is 12.4. The van der Waals surface area contributed by atoms with Crippen molar-refractivity contribution in [2.24, 2.45) is 0 Å².